The molecule has 2 rings (SSSR count). The van der Waals surface area contributed by atoms with Gasteiger partial charge in [0.1, 0.15) is 0 Å². The van der Waals surface area contributed by atoms with Crippen LogP contribution in [0.5, 0.6) is 0 Å². The van der Waals surface area contributed by atoms with Gasteiger partial charge in [0, 0.05) is 12.1 Å². The van der Waals surface area contributed by atoms with Gasteiger partial charge in [-0.1, -0.05) is 25.7 Å². The molecule has 21 heavy (non-hydrogen) atoms. The number of hydrogen-bond donors (Lipinski definition) is 1. The van der Waals surface area contributed by atoms with E-state index in [4.69, 9.17) is 4.74 Å². The summed E-state index contributed by atoms with van der Waals surface area (Å²) in [5, 5.41) is 3.14. The first-order valence-electron chi connectivity index (χ1n) is 8.24. The van der Waals surface area contributed by atoms with Gasteiger partial charge in [-0.2, -0.15) is 0 Å². The Morgan fingerprint density at radius 3 is 2.29 bits per heavy atom. The van der Waals surface area contributed by atoms with Crippen molar-refractivity contribution in [2.45, 2.75) is 76.4 Å². The Kier molecular flexibility index (Phi) is 6.03. The summed E-state index contributed by atoms with van der Waals surface area (Å²) in [6, 6.07) is 0.379. The van der Waals surface area contributed by atoms with Crippen molar-refractivity contribution in [1.82, 2.24) is 10.2 Å². The lowest BCUT2D eigenvalue weighted by Crippen LogP contribution is -2.52. The Morgan fingerprint density at radius 1 is 1.14 bits per heavy atom. The number of esters is 1. The van der Waals surface area contributed by atoms with Gasteiger partial charge in [-0.25, -0.2) is 0 Å². The van der Waals surface area contributed by atoms with Crippen LogP contribution in [0.1, 0.15) is 58.3 Å². The molecule has 0 heterocycles. The van der Waals surface area contributed by atoms with E-state index in [0.29, 0.717) is 12.1 Å². The van der Waals surface area contributed by atoms with Gasteiger partial charge in [0.15, 0.2) is 0 Å². The van der Waals surface area contributed by atoms with Crippen LogP contribution in [-0.2, 0) is 14.3 Å². The fraction of sp³-hybridized carbons (Fsp3) is 0.875. The molecule has 0 bridgehead atoms. The lowest BCUT2D eigenvalue weighted by molar-refractivity contribution is -0.144. The highest BCUT2D eigenvalue weighted by Gasteiger charge is 2.32. The largest absolute Gasteiger partial charge is 0.468 e. The summed E-state index contributed by atoms with van der Waals surface area (Å²) in [5.41, 5.74) is 0. The maximum atomic E-state index is 12.5. The Balaban J connectivity index is 1.96. The number of carbonyl (C=O) groups is 2. The first-order valence-corrected chi connectivity index (χ1v) is 8.24. The van der Waals surface area contributed by atoms with E-state index < -0.39 is 0 Å². The summed E-state index contributed by atoms with van der Waals surface area (Å²) >= 11 is 0. The molecule has 0 aromatic heterocycles. The molecule has 1 amide bonds. The van der Waals surface area contributed by atoms with E-state index in [1.165, 1.54) is 32.8 Å². The number of ether oxygens (including phenoxy) is 1. The predicted octanol–water partition coefficient (Wildman–Crippen LogP) is 1.85. The molecule has 2 fully saturated rings. The summed E-state index contributed by atoms with van der Waals surface area (Å²) < 4.78 is 4.79. The minimum Gasteiger partial charge on any atom is -0.468 e. The van der Waals surface area contributed by atoms with Crippen LogP contribution in [0.15, 0.2) is 0 Å². The second-order valence-corrected chi connectivity index (χ2v) is 6.35. The highest BCUT2D eigenvalue weighted by Crippen LogP contribution is 2.25. The number of hydrogen-bond acceptors (Lipinski definition) is 4. The van der Waals surface area contributed by atoms with Gasteiger partial charge in [0.2, 0.25) is 5.91 Å². The zero-order valence-electron chi connectivity index (χ0n) is 13.3. The third-order valence-corrected chi connectivity index (χ3v) is 4.91. The maximum Gasteiger partial charge on any atom is 0.319 e. The van der Waals surface area contributed by atoms with Crippen molar-refractivity contribution in [2.75, 3.05) is 13.7 Å². The number of nitrogens with zero attached hydrogens (tertiary/aromatic N) is 1. The fourth-order valence-corrected chi connectivity index (χ4v) is 3.57. The molecule has 0 aromatic carbocycles. The minimum absolute atomic E-state index is 0.0534. The first kappa shape index (κ1) is 16.3. The summed E-state index contributed by atoms with van der Waals surface area (Å²) in [6.07, 6.45) is 9.06. The van der Waals surface area contributed by atoms with Crippen molar-refractivity contribution >= 4 is 11.9 Å². The zero-order valence-corrected chi connectivity index (χ0v) is 13.3. The van der Waals surface area contributed by atoms with Crippen molar-refractivity contribution in [2.24, 2.45) is 0 Å². The molecule has 0 spiro atoms. The Morgan fingerprint density at radius 2 is 1.71 bits per heavy atom. The predicted molar refractivity (Wildman–Crippen MR) is 80.8 cm³/mol. The van der Waals surface area contributed by atoms with E-state index in [0.717, 1.165) is 25.7 Å². The molecule has 5 nitrogen and oxygen atoms in total. The van der Waals surface area contributed by atoms with Crippen LogP contribution in [0.3, 0.4) is 0 Å². The SMILES string of the molecule is COC(=O)CN(C1CCCC1)C(C)C(=O)NC1CCCC1. The van der Waals surface area contributed by atoms with E-state index in [-0.39, 0.29) is 24.5 Å². The Hall–Kier alpha value is -1.10. The number of methoxy groups -OCH3 is 1. The molecule has 0 aliphatic heterocycles. The van der Waals surface area contributed by atoms with E-state index in [2.05, 4.69) is 5.32 Å². The molecule has 1 N–H and O–H groups in total. The van der Waals surface area contributed by atoms with Crippen molar-refractivity contribution in [3.8, 4) is 0 Å². The molecule has 0 aromatic rings. The van der Waals surface area contributed by atoms with E-state index >= 15 is 0 Å². The monoisotopic (exact) mass is 296 g/mol. The van der Waals surface area contributed by atoms with Gasteiger partial charge < -0.3 is 10.1 Å². The second-order valence-electron chi connectivity index (χ2n) is 6.35. The van der Waals surface area contributed by atoms with Gasteiger partial charge >= 0.3 is 5.97 Å². The van der Waals surface area contributed by atoms with Crippen molar-refractivity contribution in [3.63, 3.8) is 0 Å². The van der Waals surface area contributed by atoms with Crippen LogP contribution in [0.2, 0.25) is 0 Å². The molecule has 2 saturated carbocycles. The lowest BCUT2D eigenvalue weighted by atomic mass is 10.1. The minimum atomic E-state index is -0.271. The number of rotatable bonds is 6. The van der Waals surface area contributed by atoms with Gasteiger partial charge in [0.25, 0.3) is 0 Å². The van der Waals surface area contributed by atoms with Crippen molar-refractivity contribution in [1.29, 1.82) is 0 Å². The Bertz CT molecular complexity index is 361. The molecule has 0 radical (unpaired) electrons. The van der Waals surface area contributed by atoms with Crippen molar-refractivity contribution < 1.29 is 14.3 Å². The van der Waals surface area contributed by atoms with Crippen LogP contribution in [0.25, 0.3) is 0 Å². The summed E-state index contributed by atoms with van der Waals surface area (Å²) in [5.74, 6) is -0.208. The number of amides is 1. The Labute approximate surface area is 127 Å². The molecular formula is C16H28N2O3. The fourth-order valence-electron chi connectivity index (χ4n) is 3.57. The summed E-state index contributed by atoms with van der Waals surface area (Å²) in [6.45, 7) is 2.12. The van der Waals surface area contributed by atoms with Gasteiger partial charge in [-0.3, -0.25) is 14.5 Å². The quantitative estimate of drug-likeness (QED) is 0.760. The van der Waals surface area contributed by atoms with Crippen LogP contribution in [0, 0.1) is 0 Å². The van der Waals surface area contributed by atoms with Crippen LogP contribution in [-0.4, -0.2) is 48.6 Å². The van der Waals surface area contributed by atoms with E-state index in [1.54, 1.807) is 0 Å². The topological polar surface area (TPSA) is 58.6 Å². The number of nitrogens with one attached hydrogen (secondary N) is 1. The highest BCUT2D eigenvalue weighted by atomic mass is 16.5. The molecule has 1 unspecified atom stereocenters. The highest BCUT2D eigenvalue weighted by molar-refractivity contribution is 5.82. The average Bonchev–Trinajstić information content (AvgIpc) is 3.16. The normalized spacial score (nSPS) is 21.7. The summed E-state index contributed by atoms with van der Waals surface area (Å²) in [4.78, 5) is 26.1. The molecule has 2 aliphatic carbocycles. The third-order valence-electron chi connectivity index (χ3n) is 4.91. The molecule has 0 saturated heterocycles. The lowest BCUT2D eigenvalue weighted by Gasteiger charge is -2.33. The second kappa shape index (κ2) is 7.78. The first-order chi connectivity index (χ1) is 10.1. The van der Waals surface area contributed by atoms with E-state index in [1.807, 2.05) is 11.8 Å². The molecular weight excluding hydrogens is 268 g/mol. The van der Waals surface area contributed by atoms with Crippen LogP contribution in [0.4, 0.5) is 0 Å². The molecule has 120 valence electrons. The van der Waals surface area contributed by atoms with E-state index in [9.17, 15) is 9.59 Å². The number of carbonyl (C=O) groups excluding carboxylic acids is 2. The maximum absolute atomic E-state index is 12.5. The third kappa shape index (κ3) is 4.43. The van der Waals surface area contributed by atoms with Gasteiger partial charge in [-0.05, 0) is 32.6 Å². The molecule has 2 aliphatic rings. The standard InChI is InChI=1S/C16H28N2O3/c1-12(16(20)17-13-7-3-4-8-13)18(11-15(19)21-2)14-9-5-6-10-14/h12-14H,3-11H2,1-2H3,(H,17,20). The van der Waals surface area contributed by atoms with Gasteiger partial charge in [-0.15, -0.1) is 0 Å². The van der Waals surface area contributed by atoms with Crippen LogP contribution >= 0.6 is 0 Å². The smallest absolute Gasteiger partial charge is 0.319 e. The molecule has 1 atom stereocenters. The van der Waals surface area contributed by atoms with Crippen LogP contribution < -0.4 is 5.32 Å². The van der Waals surface area contributed by atoms with Gasteiger partial charge in [0.05, 0.1) is 19.7 Å². The van der Waals surface area contributed by atoms with Crippen molar-refractivity contribution in [3.05, 3.63) is 0 Å². The summed E-state index contributed by atoms with van der Waals surface area (Å²) in [7, 11) is 1.40. The average molecular weight is 296 g/mol. The zero-order chi connectivity index (χ0) is 15.2. The molecule has 5 heteroatoms.